The van der Waals surface area contributed by atoms with Crippen molar-refractivity contribution in [1.82, 2.24) is 0 Å². The van der Waals surface area contributed by atoms with Crippen molar-refractivity contribution in [2.45, 2.75) is 12.5 Å². The Hall–Kier alpha value is -1.06. The van der Waals surface area contributed by atoms with E-state index < -0.39 is 6.10 Å². The molecule has 2 N–H and O–H groups in total. The Bertz CT molecular complexity index is 260. The van der Waals surface area contributed by atoms with Crippen molar-refractivity contribution in [2.24, 2.45) is 0 Å². The molecule has 0 aliphatic heterocycles. The first-order valence-corrected chi connectivity index (χ1v) is 4.21. The summed E-state index contributed by atoms with van der Waals surface area (Å²) in [6.45, 7) is -0.0155. The van der Waals surface area contributed by atoms with Gasteiger partial charge in [-0.15, -0.1) is 0 Å². The third kappa shape index (κ3) is 2.72. The molecule has 0 radical (unpaired) electrons. The molecule has 1 aromatic rings. The van der Waals surface area contributed by atoms with Crippen LogP contribution in [-0.2, 0) is 0 Å². The van der Waals surface area contributed by atoms with Crippen LogP contribution in [0, 0.1) is 0 Å². The SMILES string of the molecule is COc1cccc([C@@H](O)CCO)c1. The van der Waals surface area contributed by atoms with Gasteiger partial charge >= 0.3 is 0 Å². The molecule has 13 heavy (non-hydrogen) atoms. The predicted octanol–water partition coefficient (Wildman–Crippen LogP) is 1.11. The van der Waals surface area contributed by atoms with Gasteiger partial charge in [0.1, 0.15) is 5.75 Å². The van der Waals surface area contributed by atoms with Crippen molar-refractivity contribution >= 4 is 0 Å². The fourth-order valence-electron chi connectivity index (χ4n) is 1.14. The first-order chi connectivity index (χ1) is 6.27. The predicted molar refractivity (Wildman–Crippen MR) is 49.7 cm³/mol. The zero-order valence-electron chi connectivity index (χ0n) is 7.60. The maximum atomic E-state index is 9.52. The van der Waals surface area contributed by atoms with Crippen LogP contribution in [0.1, 0.15) is 18.1 Å². The monoisotopic (exact) mass is 182 g/mol. The molecule has 3 heteroatoms. The Morgan fingerprint density at radius 2 is 2.23 bits per heavy atom. The molecular weight excluding hydrogens is 168 g/mol. The van der Waals surface area contributed by atoms with E-state index in [-0.39, 0.29) is 6.61 Å². The molecule has 0 spiro atoms. The molecule has 0 fully saturated rings. The van der Waals surface area contributed by atoms with Gasteiger partial charge in [-0.25, -0.2) is 0 Å². The lowest BCUT2D eigenvalue weighted by Crippen LogP contribution is -2.00. The second kappa shape index (κ2) is 4.84. The lowest BCUT2D eigenvalue weighted by atomic mass is 10.1. The Morgan fingerprint density at radius 1 is 1.46 bits per heavy atom. The molecule has 1 aromatic carbocycles. The fraction of sp³-hybridized carbons (Fsp3) is 0.400. The molecule has 0 saturated carbocycles. The molecule has 0 aromatic heterocycles. The second-order valence-corrected chi connectivity index (χ2v) is 2.80. The van der Waals surface area contributed by atoms with E-state index in [4.69, 9.17) is 9.84 Å². The number of methoxy groups -OCH3 is 1. The lowest BCUT2D eigenvalue weighted by Gasteiger charge is -2.10. The van der Waals surface area contributed by atoms with Gasteiger partial charge in [0.25, 0.3) is 0 Å². The second-order valence-electron chi connectivity index (χ2n) is 2.80. The van der Waals surface area contributed by atoms with Crippen LogP contribution in [0.4, 0.5) is 0 Å². The van der Waals surface area contributed by atoms with Crippen molar-refractivity contribution in [3.63, 3.8) is 0 Å². The van der Waals surface area contributed by atoms with E-state index >= 15 is 0 Å². The van der Waals surface area contributed by atoms with E-state index in [1.54, 1.807) is 13.2 Å². The average molecular weight is 182 g/mol. The van der Waals surface area contributed by atoms with Gasteiger partial charge in [0.05, 0.1) is 13.2 Å². The Balaban J connectivity index is 2.75. The third-order valence-electron chi connectivity index (χ3n) is 1.88. The molecule has 0 amide bonds. The highest BCUT2D eigenvalue weighted by Crippen LogP contribution is 2.20. The molecular formula is C10H14O3. The fourth-order valence-corrected chi connectivity index (χ4v) is 1.14. The minimum absolute atomic E-state index is 0.0155. The number of ether oxygens (including phenoxy) is 1. The summed E-state index contributed by atoms with van der Waals surface area (Å²) in [5.41, 5.74) is 0.772. The third-order valence-corrected chi connectivity index (χ3v) is 1.88. The summed E-state index contributed by atoms with van der Waals surface area (Å²) >= 11 is 0. The van der Waals surface area contributed by atoms with E-state index in [9.17, 15) is 5.11 Å². The van der Waals surface area contributed by atoms with E-state index in [1.165, 1.54) is 0 Å². The topological polar surface area (TPSA) is 49.7 Å². The maximum Gasteiger partial charge on any atom is 0.119 e. The molecule has 0 bridgehead atoms. The van der Waals surface area contributed by atoms with Crippen LogP contribution in [-0.4, -0.2) is 23.9 Å². The summed E-state index contributed by atoms with van der Waals surface area (Å²) in [4.78, 5) is 0. The summed E-state index contributed by atoms with van der Waals surface area (Å²) in [5, 5.41) is 18.2. The number of hydrogen-bond acceptors (Lipinski definition) is 3. The molecule has 1 atom stereocenters. The van der Waals surface area contributed by atoms with Crippen molar-refractivity contribution in [3.05, 3.63) is 29.8 Å². The van der Waals surface area contributed by atoms with Crippen LogP contribution >= 0.6 is 0 Å². The quantitative estimate of drug-likeness (QED) is 0.733. The summed E-state index contributed by atoms with van der Waals surface area (Å²) in [5.74, 6) is 0.717. The highest BCUT2D eigenvalue weighted by Gasteiger charge is 2.06. The number of aliphatic hydroxyl groups is 2. The summed E-state index contributed by atoms with van der Waals surface area (Å²) in [7, 11) is 1.58. The van der Waals surface area contributed by atoms with E-state index in [0.29, 0.717) is 6.42 Å². The van der Waals surface area contributed by atoms with Crippen LogP contribution in [0.3, 0.4) is 0 Å². The molecule has 3 nitrogen and oxygen atoms in total. The molecule has 0 heterocycles. The Morgan fingerprint density at radius 3 is 2.85 bits per heavy atom. The van der Waals surface area contributed by atoms with Crippen molar-refractivity contribution in [3.8, 4) is 5.75 Å². The minimum atomic E-state index is -0.611. The molecule has 0 unspecified atom stereocenters. The standard InChI is InChI=1S/C10H14O3/c1-13-9-4-2-3-8(7-9)10(12)5-6-11/h2-4,7,10-12H,5-6H2,1H3/t10-/m0/s1. The van der Waals surface area contributed by atoms with Crippen molar-refractivity contribution in [2.75, 3.05) is 13.7 Å². The van der Waals surface area contributed by atoms with Gasteiger partial charge in [0.2, 0.25) is 0 Å². The smallest absolute Gasteiger partial charge is 0.119 e. The van der Waals surface area contributed by atoms with Gasteiger partial charge in [-0.3, -0.25) is 0 Å². The van der Waals surface area contributed by atoms with Gasteiger partial charge in [0.15, 0.2) is 0 Å². The van der Waals surface area contributed by atoms with E-state index in [1.807, 2.05) is 18.2 Å². The lowest BCUT2D eigenvalue weighted by molar-refractivity contribution is 0.134. The van der Waals surface area contributed by atoms with Gasteiger partial charge in [-0.05, 0) is 17.7 Å². The first-order valence-electron chi connectivity index (χ1n) is 4.21. The maximum absolute atomic E-state index is 9.52. The summed E-state index contributed by atoms with van der Waals surface area (Å²) in [6, 6.07) is 7.20. The zero-order chi connectivity index (χ0) is 9.68. The van der Waals surface area contributed by atoms with Gasteiger partial charge in [-0.2, -0.15) is 0 Å². The van der Waals surface area contributed by atoms with Crippen LogP contribution in [0.5, 0.6) is 5.75 Å². The number of rotatable bonds is 4. The molecule has 72 valence electrons. The highest BCUT2D eigenvalue weighted by molar-refractivity contribution is 5.29. The largest absolute Gasteiger partial charge is 0.497 e. The highest BCUT2D eigenvalue weighted by atomic mass is 16.5. The van der Waals surface area contributed by atoms with Crippen molar-refractivity contribution < 1.29 is 14.9 Å². The van der Waals surface area contributed by atoms with E-state index in [0.717, 1.165) is 11.3 Å². The average Bonchev–Trinajstić information content (AvgIpc) is 2.18. The zero-order valence-corrected chi connectivity index (χ0v) is 7.60. The van der Waals surface area contributed by atoms with Crippen LogP contribution in [0.2, 0.25) is 0 Å². The number of aliphatic hydroxyl groups excluding tert-OH is 2. The molecule has 0 aliphatic carbocycles. The molecule has 0 saturated heterocycles. The van der Waals surface area contributed by atoms with Crippen LogP contribution in [0.25, 0.3) is 0 Å². The summed E-state index contributed by atoms with van der Waals surface area (Å²) < 4.78 is 5.01. The Labute approximate surface area is 77.6 Å². The van der Waals surface area contributed by atoms with Crippen LogP contribution < -0.4 is 4.74 Å². The van der Waals surface area contributed by atoms with Crippen molar-refractivity contribution in [1.29, 1.82) is 0 Å². The van der Waals surface area contributed by atoms with Gasteiger partial charge in [-0.1, -0.05) is 12.1 Å². The van der Waals surface area contributed by atoms with Gasteiger partial charge < -0.3 is 14.9 Å². The first kappa shape index (κ1) is 10.0. The minimum Gasteiger partial charge on any atom is -0.497 e. The number of hydrogen-bond donors (Lipinski definition) is 2. The number of benzene rings is 1. The Kier molecular flexibility index (Phi) is 3.73. The van der Waals surface area contributed by atoms with Crippen LogP contribution in [0.15, 0.2) is 24.3 Å². The summed E-state index contributed by atoms with van der Waals surface area (Å²) in [6.07, 6.45) is -0.257. The van der Waals surface area contributed by atoms with Gasteiger partial charge in [0, 0.05) is 13.0 Å². The van der Waals surface area contributed by atoms with E-state index in [2.05, 4.69) is 0 Å². The normalized spacial score (nSPS) is 12.5. The molecule has 0 aliphatic rings. The molecule has 1 rings (SSSR count).